The Morgan fingerprint density at radius 1 is 0.706 bits per heavy atom. The van der Waals surface area contributed by atoms with Gasteiger partial charge < -0.3 is 14.2 Å². The molecule has 0 saturated heterocycles. The van der Waals surface area contributed by atoms with Crippen molar-refractivity contribution in [2.75, 3.05) is 6.54 Å². The van der Waals surface area contributed by atoms with Gasteiger partial charge >= 0.3 is 11.6 Å². The molecule has 0 aliphatic carbocycles. The van der Waals surface area contributed by atoms with Crippen molar-refractivity contribution in [2.24, 2.45) is 0 Å². The first kappa shape index (κ1) is 33.5. The highest BCUT2D eigenvalue weighted by Crippen LogP contribution is 2.40. The molecule has 7 rings (SSSR count). The highest BCUT2D eigenvalue weighted by atomic mass is 32.1. The molecule has 2 aromatic heterocycles. The molecule has 7 aromatic rings. The molecule has 0 radical (unpaired) electrons. The van der Waals surface area contributed by atoms with Gasteiger partial charge in [0.2, 0.25) is 0 Å². The van der Waals surface area contributed by atoms with Gasteiger partial charge in [-0.05, 0) is 54.1 Å². The lowest BCUT2D eigenvalue weighted by molar-refractivity contribution is -0.386. The molecule has 0 unspecified atom stereocenters. The van der Waals surface area contributed by atoms with Gasteiger partial charge in [-0.1, -0.05) is 72.8 Å². The van der Waals surface area contributed by atoms with E-state index in [9.17, 15) is 19.7 Å². The van der Waals surface area contributed by atoms with Crippen molar-refractivity contribution in [3.05, 3.63) is 165 Å². The second-order valence-corrected chi connectivity index (χ2v) is 13.5. The van der Waals surface area contributed by atoms with E-state index in [-0.39, 0.29) is 23.6 Å². The number of rotatable bonds is 13. The number of hydrogen-bond acceptors (Lipinski definition) is 9. The molecule has 5 aromatic carbocycles. The molecule has 0 aliphatic rings. The third-order valence-corrected chi connectivity index (χ3v) is 10.1. The lowest BCUT2D eigenvalue weighted by atomic mass is 10.1. The lowest BCUT2D eigenvalue weighted by Gasteiger charge is -2.40. The van der Waals surface area contributed by atoms with Crippen LogP contribution in [0, 0.1) is 10.1 Å². The second kappa shape index (κ2) is 14.4. The van der Waals surface area contributed by atoms with E-state index in [2.05, 4.69) is 0 Å². The Hall–Kier alpha value is -6.04. The highest BCUT2D eigenvalue weighted by molar-refractivity contribution is 7.17. The third kappa shape index (κ3) is 7.16. The summed E-state index contributed by atoms with van der Waals surface area (Å²) in [6.07, 6.45) is 0. The maximum Gasteiger partial charge on any atom is 0.338 e. The number of fused-ring (bicyclic) bond motifs is 2. The summed E-state index contributed by atoms with van der Waals surface area (Å²) >= 11 is 2.95. The van der Waals surface area contributed by atoms with Gasteiger partial charge in [-0.3, -0.25) is 24.6 Å². The molecule has 0 atom stereocenters. The van der Waals surface area contributed by atoms with Crippen molar-refractivity contribution in [1.82, 2.24) is 4.90 Å². The monoisotopic (exact) mass is 714 g/mol. The van der Waals surface area contributed by atoms with Gasteiger partial charge in [-0.2, -0.15) is 0 Å². The molecule has 0 spiro atoms. The third-order valence-electron chi connectivity index (χ3n) is 8.26. The smallest absolute Gasteiger partial charge is 0.338 e. The maximum atomic E-state index is 14.5. The average molecular weight is 715 g/mol. The van der Waals surface area contributed by atoms with E-state index in [1.165, 1.54) is 45.8 Å². The highest BCUT2D eigenvalue weighted by Gasteiger charge is 2.43. The first-order valence-electron chi connectivity index (χ1n) is 15.9. The Bertz CT molecular complexity index is 2280. The quantitative estimate of drug-likeness (QED) is 0.0506. The zero-order chi connectivity index (χ0) is 35.4. The summed E-state index contributed by atoms with van der Waals surface area (Å²) in [5, 5.41) is 17.5. The Morgan fingerprint density at radius 3 is 1.84 bits per heavy atom. The minimum atomic E-state index is -1.87. The van der Waals surface area contributed by atoms with Crippen LogP contribution >= 0.6 is 22.7 Å². The molecule has 0 N–H and O–H groups in total. The number of amides is 1. The minimum absolute atomic E-state index is 0.0165. The van der Waals surface area contributed by atoms with E-state index >= 15 is 0 Å². The summed E-state index contributed by atoms with van der Waals surface area (Å²) in [7, 11) is 0. The number of ether oxygens (including phenoxy) is 3. The Labute approximate surface area is 301 Å². The molecule has 0 saturated carbocycles. The number of benzene rings is 5. The number of carbonyl (C=O) groups is 2. The largest absolute Gasteiger partial charge is 0.482 e. The van der Waals surface area contributed by atoms with Crippen LogP contribution in [0.1, 0.15) is 33.2 Å². The predicted octanol–water partition coefficient (Wildman–Crippen LogP) is 9.76. The number of nitrogens with zero attached hydrogens (tertiary/aromatic N) is 2. The van der Waals surface area contributed by atoms with Gasteiger partial charge in [0, 0.05) is 55.0 Å². The fourth-order valence-electron chi connectivity index (χ4n) is 5.67. The van der Waals surface area contributed by atoms with Crippen molar-refractivity contribution in [2.45, 2.75) is 19.4 Å². The summed E-state index contributed by atoms with van der Waals surface area (Å²) < 4.78 is 21.1. The summed E-state index contributed by atoms with van der Waals surface area (Å²) in [4.78, 5) is 41.5. The van der Waals surface area contributed by atoms with E-state index in [0.29, 0.717) is 17.1 Å². The van der Waals surface area contributed by atoms with Crippen molar-refractivity contribution in [3.8, 4) is 17.2 Å². The molecule has 254 valence electrons. The average Bonchev–Trinajstić information content (AvgIpc) is 3.76. The lowest BCUT2D eigenvalue weighted by Crippen LogP contribution is -2.59. The number of hydrogen-bond donors (Lipinski definition) is 0. The standard InChI is InChI=1S/C40H30N2O7S2/c1-40(48-35-25-50-37-18-10-8-16-30(35)37,49-36-26-51-38-19-11-9-17-31(36)38)41(39(44)28-14-6-3-7-15-28)23-33(43)29-20-21-34(32(22-29)42(45)46)47-24-27-12-4-2-5-13-27/h2-22,25-26H,23-24H2,1H3. The molecular formula is C40H30N2O7S2. The van der Waals surface area contributed by atoms with E-state index < -0.39 is 29.1 Å². The fourth-order valence-corrected chi connectivity index (χ4v) is 7.39. The van der Waals surface area contributed by atoms with Gasteiger partial charge in [0.1, 0.15) is 18.1 Å². The van der Waals surface area contributed by atoms with Crippen molar-refractivity contribution in [3.63, 3.8) is 0 Å². The SMILES string of the molecule is CC(Oc1csc2ccccc12)(Oc1csc2ccccc12)N(CC(=O)c1ccc(OCc2ccccc2)c([N+](=O)[O-])c1)C(=O)c1ccccc1. The van der Waals surface area contributed by atoms with Crippen LogP contribution < -0.4 is 14.2 Å². The first-order chi connectivity index (χ1) is 24.8. The summed E-state index contributed by atoms with van der Waals surface area (Å²) in [5.74, 6) is -2.04. The van der Waals surface area contributed by atoms with Crippen molar-refractivity contribution >= 4 is 60.2 Å². The molecule has 9 nitrogen and oxygen atoms in total. The van der Waals surface area contributed by atoms with Crippen molar-refractivity contribution in [1.29, 1.82) is 0 Å². The number of nitro groups is 1. The van der Waals surface area contributed by atoms with Gasteiger partial charge in [0.15, 0.2) is 11.5 Å². The maximum absolute atomic E-state index is 14.5. The fraction of sp³-hybridized carbons (Fsp3) is 0.100. The van der Waals surface area contributed by atoms with Gasteiger partial charge in [0.05, 0.1) is 11.5 Å². The van der Waals surface area contributed by atoms with Crippen LogP contribution in [0.2, 0.25) is 0 Å². The Balaban J connectivity index is 1.28. The van der Waals surface area contributed by atoms with Crippen LogP contribution in [0.15, 0.2) is 138 Å². The predicted molar refractivity (Wildman–Crippen MR) is 199 cm³/mol. The van der Waals surface area contributed by atoms with E-state index in [4.69, 9.17) is 14.2 Å². The molecule has 51 heavy (non-hydrogen) atoms. The molecule has 1 amide bonds. The van der Waals surface area contributed by atoms with Crippen LogP contribution in [0.4, 0.5) is 5.69 Å². The number of thiophene rings is 2. The van der Waals surface area contributed by atoms with Crippen LogP contribution in [0.5, 0.6) is 17.2 Å². The van der Waals surface area contributed by atoms with E-state index in [1.54, 1.807) is 37.3 Å². The number of Topliss-reactive ketones (excluding diaryl/α,β-unsaturated/α-hetero) is 1. The second-order valence-electron chi connectivity index (χ2n) is 11.7. The molecular weight excluding hydrogens is 685 g/mol. The first-order valence-corrected chi connectivity index (χ1v) is 17.7. The van der Waals surface area contributed by atoms with Gasteiger partial charge in [0.25, 0.3) is 5.91 Å². The number of ketones is 1. The summed E-state index contributed by atoms with van der Waals surface area (Å²) in [6, 6.07) is 37.2. The summed E-state index contributed by atoms with van der Waals surface area (Å²) in [6.45, 7) is 1.18. The van der Waals surface area contributed by atoms with E-state index in [1.807, 2.05) is 89.6 Å². The topological polar surface area (TPSA) is 108 Å². The Kier molecular flexibility index (Phi) is 9.47. The van der Waals surface area contributed by atoms with Crippen LogP contribution in [0.3, 0.4) is 0 Å². The molecule has 0 fully saturated rings. The number of nitro benzene ring substituents is 1. The zero-order valence-electron chi connectivity index (χ0n) is 27.3. The van der Waals surface area contributed by atoms with Gasteiger partial charge in [-0.15, -0.1) is 22.7 Å². The molecule has 2 heterocycles. The van der Waals surface area contributed by atoms with Gasteiger partial charge in [-0.25, -0.2) is 0 Å². The van der Waals surface area contributed by atoms with Crippen LogP contribution in [-0.4, -0.2) is 34.0 Å². The zero-order valence-corrected chi connectivity index (χ0v) is 28.9. The molecule has 0 aliphatic heterocycles. The van der Waals surface area contributed by atoms with Crippen molar-refractivity contribution < 1.29 is 28.7 Å². The molecule has 0 bridgehead atoms. The van der Waals surface area contributed by atoms with Crippen LogP contribution in [0.25, 0.3) is 20.2 Å². The van der Waals surface area contributed by atoms with Crippen LogP contribution in [-0.2, 0) is 6.61 Å². The summed E-state index contributed by atoms with van der Waals surface area (Å²) in [5.41, 5.74) is 0.772. The van der Waals surface area contributed by atoms with E-state index in [0.717, 1.165) is 25.7 Å². The Morgan fingerprint density at radius 2 is 1.25 bits per heavy atom. The minimum Gasteiger partial charge on any atom is -0.482 e. The normalized spacial score (nSPS) is 11.3. The number of carbonyl (C=O) groups excluding carboxylic acids is 2. The molecule has 11 heteroatoms.